The number of nitrogens with one attached hydrogen (secondary N) is 1. The van der Waals surface area contributed by atoms with E-state index in [0.29, 0.717) is 13.0 Å². The zero-order valence-electron chi connectivity index (χ0n) is 15.3. The van der Waals surface area contributed by atoms with Crippen molar-refractivity contribution in [2.45, 2.75) is 39.2 Å². The summed E-state index contributed by atoms with van der Waals surface area (Å²) < 4.78 is 15.6. The molecule has 1 heterocycles. The monoisotopic (exact) mass is 352 g/mol. The molecule has 3 nitrogen and oxygen atoms in total. The second-order valence-corrected chi connectivity index (χ2v) is 6.55. The lowest BCUT2D eigenvalue weighted by Crippen LogP contribution is -2.26. The minimum atomic E-state index is -0.265. The van der Waals surface area contributed by atoms with Crippen LogP contribution in [-0.4, -0.2) is 17.0 Å². The zero-order valence-corrected chi connectivity index (χ0v) is 15.3. The molecule has 1 N–H and O–H groups in total. The molecule has 0 bridgehead atoms. The Bertz CT molecular complexity index is 883. The minimum Gasteiger partial charge on any atom is -0.356 e. The number of aryl methyl sites for hydroxylation is 1. The summed E-state index contributed by atoms with van der Waals surface area (Å²) in [6, 6.07) is 14.7. The lowest BCUT2D eigenvalue weighted by atomic mass is 9.88. The number of benzene rings is 2. The Kier molecular flexibility index (Phi) is 5.71. The van der Waals surface area contributed by atoms with Crippen LogP contribution >= 0.6 is 0 Å². The van der Waals surface area contributed by atoms with Gasteiger partial charge in [0.15, 0.2) is 0 Å². The number of hydrogen-bond donors (Lipinski definition) is 1. The van der Waals surface area contributed by atoms with Gasteiger partial charge in [-0.15, -0.1) is 0 Å². The standard InChI is InChI=1S/C22H25FN2O/c1-3-13-24-22(26)14-19(16-9-11-17(23)12-10-16)20-15-25(4-2)21-8-6-5-7-18(20)21/h5-12,15,19H,3-4,13-14H2,1-2H3,(H,24,26)/t19-/m1/s1. The van der Waals surface area contributed by atoms with Gasteiger partial charge in [0, 0.05) is 42.5 Å². The second-order valence-electron chi connectivity index (χ2n) is 6.55. The number of rotatable bonds is 7. The van der Waals surface area contributed by atoms with E-state index in [4.69, 9.17) is 0 Å². The van der Waals surface area contributed by atoms with Crippen molar-refractivity contribution in [1.82, 2.24) is 9.88 Å². The van der Waals surface area contributed by atoms with E-state index in [1.54, 1.807) is 12.1 Å². The van der Waals surface area contributed by atoms with Crippen molar-refractivity contribution < 1.29 is 9.18 Å². The van der Waals surface area contributed by atoms with E-state index in [1.807, 2.05) is 19.1 Å². The molecule has 1 aromatic heterocycles. The molecule has 0 saturated carbocycles. The van der Waals surface area contributed by atoms with Crippen molar-refractivity contribution in [2.24, 2.45) is 0 Å². The number of para-hydroxylation sites is 1. The van der Waals surface area contributed by atoms with Gasteiger partial charge in [-0.25, -0.2) is 4.39 Å². The Hall–Kier alpha value is -2.62. The van der Waals surface area contributed by atoms with Gasteiger partial charge in [-0.3, -0.25) is 4.79 Å². The van der Waals surface area contributed by atoms with Crippen molar-refractivity contribution in [3.05, 3.63) is 71.7 Å². The van der Waals surface area contributed by atoms with Crippen molar-refractivity contribution in [3.63, 3.8) is 0 Å². The van der Waals surface area contributed by atoms with E-state index < -0.39 is 0 Å². The zero-order chi connectivity index (χ0) is 18.5. The molecule has 3 rings (SSSR count). The molecule has 0 unspecified atom stereocenters. The van der Waals surface area contributed by atoms with Crippen LogP contribution < -0.4 is 5.32 Å². The van der Waals surface area contributed by atoms with E-state index in [9.17, 15) is 9.18 Å². The molecule has 4 heteroatoms. The average molecular weight is 352 g/mol. The van der Waals surface area contributed by atoms with E-state index in [2.05, 4.69) is 35.1 Å². The number of aromatic nitrogens is 1. The van der Waals surface area contributed by atoms with Gasteiger partial charge in [-0.2, -0.15) is 0 Å². The Morgan fingerprint density at radius 3 is 2.54 bits per heavy atom. The van der Waals surface area contributed by atoms with Gasteiger partial charge in [0.25, 0.3) is 0 Å². The molecular weight excluding hydrogens is 327 g/mol. The molecule has 0 aliphatic carbocycles. The summed E-state index contributed by atoms with van der Waals surface area (Å²) in [4.78, 5) is 12.4. The summed E-state index contributed by atoms with van der Waals surface area (Å²) in [6.07, 6.45) is 3.39. The first kappa shape index (κ1) is 18.2. The van der Waals surface area contributed by atoms with Crippen LogP contribution in [0.15, 0.2) is 54.7 Å². The highest BCUT2D eigenvalue weighted by Gasteiger charge is 2.22. The van der Waals surface area contributed by atoms with Gasteiger partial charge in [0.05, 0.1) is 0 Å². The van der Waals surface area contributed by atoms with E-state index in [1.165, 1.54) is 12.1 Å². The largest absolute Gasteiger partial charge is 0.356 e. The van der Waals surface area contributed by atoms with Crippen LogP contribution in [0.3, 0.4) is 0 Å². The van der Waals surface area contributed by atoms with Gasteiger partial charge >= 0.3 is 0 Å². The van der Waals surface area contributed by atoms with Crippen LogP contribution in [-0.2, 0) is 11.3 Å². The van der Waals surface area contributed by atoms with Gasteiger partial charge in [-0.05, 0) is 42.7 Å². The normalized spacial score (nSPS) is 12.3. The fraction of sp³-hybridized carbons (Fsp3) is 0.318. The van der Waals surface area contributed by atoms with Crippen molar-refractivity contribution in [2.75, 3.05) is 6.54 Å². The molecule has 0 aliphatic rings. The summed E-state index contributed by atoms with van der Waals surface area (Å²) in [5.41, 5.74) is 3.23. The van der Waals surface area contributed by atoms with Gasteiger partial charge in [0.1, 0.15) is 5.82 Å². The SMILES string of the molecule is CCCNC(=O)C[C@H](c1ccc(F)cc1)c1cn(CC)c2ccccc12. The van der Waals surface area contributed by atoms with Gasteiger partial charge in [0.2, 0.25) is 5.91 Å². The third-order valence-corrected chi connectivity index (χ3v) is 4.77. The first-order chi connectivity index (χ1) is 12.6. The molecule has 3 aromatic rings. The Morgan fingerprint density at radius 1 is 1.12 bits per heavy atom. The molecule has 0 fully saturated rings. The molecule has 0 radical (unpaired) electrons. The van der Waals surface area contributed by atoms with Crippen LogP contribution in [0.4, 0.5) is 4.39 Å². The highest BCUT2D eigenvalue weighted by molar-refractivity contribution is 5.86. The fourth-order valence-corrected chi connectivity index (χ4v) is 3.44. The Labute approximate surface area is 153 Å². The number of fused-ring (bicyclic) bond motifs is 1. The fourth-order valence-electron chi connectivity index (χ4n) is 3.44. The van der Waals surface area contributed by atoms with Crippen LogP contribution in [0.2, 0.25) is 0 Å². The molecule has 0 saturated heterocycles. The summed E-state index contributed by atoms with van der Waals surface area (Å²) in [6.45, 7) is 5.67. The maximum atomic E-state index is 13.4. The predicted octanol–water partition coefficient (Wildman–Crippen LogP) is 4.85. The first-order valence-electron chi connectivity index (χ1n) is 9.24. The van der Waals surface area contributed by atoms with Crippen LogP contribution in [0.1, 0.15) is 43.7 Å². The third-order valence-electron chi connectivity index (χ3n) is 4.77. The number of nitrogens with zero attached hydrogens (tertiary/aromatic N) is 1. The molecule has 0 aliphatic heterocycles. The van der Waals surface area contributed by atoms with Crippen LogP contribution in [0, 0.1) is 5.82 Å². The van der Waals surface area contributed by atoms with E-state index >= 15 is 0 Å². The predicted molar refractivity (Wildman–Crippen MR) is 104 cm³/mol. The van der Waals surface area contributed by atoms with Crippen molar-refractivity contribution in [3.8, 4) is 0 Å². The second kappa shape index (κ2) is 8.17. The van der Waals surface area contributed by atoms with Crippen molar-refractivity contribution >= 4 is 16.8 Å². The number of carbonyl (C=O) groups is 1. The minimum absolute atomic E-state index is 0.0227. The lowest BCUT2D eigenvalue weighted by Gasteiger charge is -2.17. The molecule has 1 amide bonds. The maximum Gasteiger partial charge on any atom is 0.220 e. The smallest absolute Gasteiger partial charge is 0.220 e. The molecule has 2 aromatic carbocycles. The quantitative estimate of drug-likeness (QED) is 0.648. The molecular formula is C22H25FN2O. The average Bonchev–Trinajstić information content (AvgIpc) is 3.04. The number of hydrogen-bond acceptors (Lipinski definition) is 1. The lowest BCUT2D eigenvalue weighted by molar-refractivity contribution is -0.121. The van der Waals surface area contributed by atoms with Gasteiger partial charge < -0.3 is 9.88 Å². The molecule has 0 spiro atoms. The van der Waals surface area contributed by atoms with E-state index in [-0.39, 0.29) is 17.6 Å². The van der Waals surface area contributed by atoms with Crippen molar-refractivity contribution in [1.29, 1.82) is 0 Å². The topological polar surface area (TPSA) is 34.0 Å². The number of carbonyl (C=O) groups excluding carboxylic acids is 1. The van der Waals surface area contributed by atoms with E-state index in [0.717, 1.165) is 35.0 Å². The van der Waals surface area contributed by atoms with Gasteiger partial charge in [-0.1, -0.05) is 37.3 Å². The van der Waals surface area contributed by atoms with Crippen LogP contribution in [0.25, 0.3) is 10.9 Å². The number of amides is 1. The Balaban J connectivity index is 2.05. The Morgan fingerprint density at radius 2 is 1.85 bits per heavy atom. The first-order valence-corrected chi connectivity index (χ1v) is 9.24. The molecule has 1 atom stereocenters. The highest BCUT2D eigenvalue weighted by atomic mass is 19.1. The number of halogens is 1. The summed E-state index contributed by atoms with van der Waals surface area (Å²) in [7, 11) is 0. The maximum absolute atomic E-state index is 13.4. The molecule has 26 heavy (non-hydrogen) atoms. The van der Waals surface area contributed by atoms with Crippen LogP contribution in [0.5, 0.6) is 0 Å². The molecule has 136 valence electrons. The third kappa shape index (κ3) is 3.79. The summed E-state index contributed by atoms with van der Waals surface area (Å²) >= 11 is 0. The highest BCUT2D eigenvalue weighted by Crippen LogP contribution is 2.34. The summed E-state index contributed by atoms with van der Waals surface area (Å²) in [5, 5.41) is 4.11. The summed E-state index contributed by atoms with van der Waals surface area (Å²) in [5.74, 6) is -0.349.